The quantitative estimate of drug-likeness (QED) is 0.910. The lowest BCUT2D eigenvalue weighted by Crippen LogP contribution is -2.20. The van der Waals surface area contributed by atoms with Crippen molar-refractivity contribution in [1.82, 2.24) is 4.98 Å². The fourth-order valence-corrected chi connectivity index (χ4v) is 3.50. The summed E-state index contributed by atoms with van der Waals surface area (Å²) in [6, 6.07) is 10.3. The van der Waals surface area contributed by atoms with Gasteiger partial charge in [0.2, 0.25) is 0 Å². The molecule has 3 rings (SSSR count). The molecule has 3 N–H and O–H groups in total. The van der Waals surface area contributed by atoms with Crippen LogP contribution in [-0.2, 0) is 12.8 Å². The molecule has 1 aromatic carbocycles. The second-order valence-electron chi connectivity index (χ2n) is 5.73. The number of hydrogen-bond acceptors (Lipinski definition) is 3. The van der Waals surface area contributed by atoms with Crippen molar-refractivity contribution in [3.8, 4) is 0 Å². The number of anilines is 1. The lowest BCUT2D eigenvalue weighted by atomic mass is 9.77. The number of aromatic nitrogens is 1. The predicted molar refractivity (Wildman–Crippen MR) is 86.2 cm³/mol. The zero-order valence-electron chi connectivity index (χ0n) is 12.7. The van der Waals surface area contributed by atoms with Gasteiger partial charge in [0.25, 0.3) is 0 Å². The highest BCUT2D eigenvalue weighted by molar-refractivity contribution is 5.92. The normalized spacial score (nSPS) is 17.0. The molecule has 0 saturated heterocycles. The number of rotatable bonds is 3. The Hall–Kier alpha value is -2.36. The smallest absolute Gasteiger partial charge is 0.356 e. The Labute approximate surface area is 130 Å². The minimum Gasteiger partial charge on any atom is -0.476 e. The van der Waals surface area contributed by atoms with E-state index in [1.807, 2.05) is 25.1 Å². The number of benzene rings is 1. The molecule has 0 saturated carbocycles. The maximum atomic E-state index is 11.4. The summed E-state index contributed by atoms with van der Waals surface area (Å²) in [5.74, 6) is -0.783. The van der Waals surface area contributed by atoms with E-state index in [2.05, 4.69) is 17.1 Å². The summed E-state index contributed by atoms with van der Waals surface area (Å²) in [5.41, 5.74) is 10.7. The number of fused-ring (bicyclic) bond motifs is 1. The molecule has 1 heterocycles. The van der Waals surface area contributed by atoms with E-state index in [0.29, 0.717) is 5.69 Å². The number of pyridine rings is 1. The Morgan fingerprint density at radius 1 is 1.36 bits per heavy atom. The largest absolute Gasteiger partial charge is 0.476 e. The van der Waals surface area contributed by atoms with E-state index in [-0.39, 0.29) is 11.6 Å². The van der Waals surface area contributed by atoms with Gasteiger partial charge in [-0.2, -0.15) is 0 Å². The second kappa shape index (κ2) is 5.79. The fraction of sp³-hybridized carbons (Fsp3) is 0.333. The summed E-state index contributed by atoms with van der Waals surface area (Å²) in [5, 5.41) is 9.33. The van der Waals surface area contributed by atoms with Crippen LogP contribution in [0, 0.1) is 0 Å². The Bertz CT molecular complexity index is 711. The van der Waals surface area contributed by atoms with E-state index >= 15 is 0 Å². The maximum Gasteiger partial charge on any atom is 0.356 e. The van der Waals surface area contributed by atoms with Crippen molar-refractivity contribution in [2.45, 2.75) is 38.5 Å². The van der Waals surface area contributed by atoms with Gasteiger partial charge in [0.05, 0.1) is 5.69 Å². The first kappa shape index (κ1) is 14.6. The summed E-state index contributed by atoms with van der Waals surface area (Å²) in [6.45, 7) is 2.02. The van der Waals surface area contributed by atoms with Crippen LogP contribution in [0.25, 0.3) is 0 Å². The molecule has 22 heavy (non-hydrogen) atoms. The average Bonchev–Trinajstić information content (AvgIpc) is 2.54. The number of carbonyl (C=O) groups is 1. The molecule has 1 unspecified atom stereocenters. The molecule has 2 aromatic rings. The molecule has 0 spiro atoms. The summed E-state index contributed by atoms with van der Waals surface area (Å²) in [7, 11) is 0. The average molecular weight is 296 g/mol. The van der Waals surface area contributed by atoms with Crippen molar-refractivity contribution in [3.05, 3.63) is 58.4 Å². The van der Waals surface area contributed by atoms with E-state index in [0.717, 1.165) is 42.5 Å². The lowest BCUT2D eigenvalue weighted by molar-refractivity contribution is 0.0691. The Balaban J connectivity index is 2.22. The summed E-state index contributed by atoms with van der Waals surface area (Å²) in [4.78, 5) is 15.8. The van der Waals surface area contributed by atoms with Crippen LogP contribution in [-0.4, -0.2) is 16.1 Å². The zero-order valence-corrected chi connectivity index (χ0v) is 12.7. The molecular formula is C18H20N2O2. The number of aryl methyl sites for hydroxylation is 1. The van der Waals surface area contributed by atoms with Crippen molar-refractivity contribution < 1.29 is 9.90 Å². The Morgan fingerprint density at radius 2 is 2.09 bits per heavy atom. The molecule has 1 aliphatic rings. The monoisotopic (exact) mass is 296 g/mol. The molecule has 0 aliphatic heterocycles. The van der Waals surface area contributed by atoms with E-state index < -0.39 is 5.97 Å². The standard InChI is InChI=1S/C18H20N2O2/c1-2-12-15-13(11-7-4-3-5-8-11)9-6-10-14(15)20-17(16(12)19)18(21)22/h3-5,7-8,13H,2,6,9-10,19H2,1H3,(H,21,22). The zero-order chi connectivity index (χ0) is 15.7. The topological polar surface area (TPSA) is 76.2 Å². The van der Waals surface area contributed by atoms with Crippen molar-refractivity contribution in [2.24, 2.45) is 0 Å². The van der Waals surface area contributed by atoms with Crippen LogP contribution in [0.4, 0.5) is 5.69 Å². The minimum absolute atomic E-state index is 0.00399. The van der Waals surface area contributed by atoms with Crippen LogP contribution in [0.1, 0.15) is 58.6 Å². The van der Waals surface area contributed by atoms with Crippen LogP contribution in [0.5, 0.6) is 0 Å². The molecule has 1 aromatic heterocycles. The second-order valence-corrected chi connectivity index (χ2v) is 5.73. The molecular weight excluding hydrogens is 276 g/mol. The van der Waals surface area contributed by atoms with E-state index in [9.17, 15) is 9.90 Å². The number of hydrogen-bond donors (Lipinski definition) is 2. The number of nitrogens with zero attached hydrogens (tertiary/aromatic N) is 1. The predicted octanol–water partition coefficient (Wildman–Crippen LogP) is 3.39. The van der Waals surface area contributed by atoms with Gasteiger partial charge in [-0.05, 0) is 42.4 Å². The van der Waals surface area contributed by atoms with Crippen molar-refractivity contribution in [2.75, 3.05) is 5.73 Å². The number of aromatic carboxylic acids is 1. The highest BCUT2D eigenvalue weighted by Crippen LogP contribution is 2.40. The molecule has 1 aliphatic carbocycles. The van der Waals surface area contributed by atoms with Gasteiger partial charge in [-0.1, -0.05) is 37.3 Å². The lowest BCUT2D eigenvalue weighted by Gasteiger charge is -2.29. The van der Waals surface area contributed by atoms with Gasteiger partial charge in [0, 0.05) is 11.6 Å². The van der Waals surface area contributed by atoms with Crippen molar-refractivity contribution in [3.63, 3.8) is 0 Å². The number of nitrogens with two attached hydrogens (primary N) is 1. The van der Waals surface area contributed by atoms with Crippen LogP contribution >= 0.6 is 0 Å². The van der Waals surface area contributed by atoms with Gasteiger partial charge in [0.15, 0.2) is 5.69 Å². The molecule has 0 bridgehead atoms. The molecule has 0 radical (unpaired) electrons. The van der Waals surface area contributed by atoms with Crippen LogP contribution in [0.15, 0.2) is 30.3 Å². The van der Waals surface area contributed by atoms with Gasteiger partial charge in [0.1, 0.15) is 0 Å². The fourth-order valence-electron chi connectivity index (χ4n) is 3.50. The van der Waals surface area contributed by atoms with Crippen molar-refractivity contribution in [1.29, 1.82) is 0 Å². The molecule has 114 valence electrons. The number of carboxylic acid groups (broad SMARTS) is 1. The minimum atomic E-state index is -1.04. The van der Waals surface area contributed by atoms with Crippen molar-refractivity contribution >= 4 is 11.7 Å². The van der Waals surface area contributed by atoms with Crippen LogP contribution in [0.3, 0.4) is 0 Å². The van der Waals surface area contributed by atoms with Gasteiger partial charge >= 0.3 is 5.97 Å². The van der Waals surface area contributed by atoms with Gasteiger partial charge in [-0.15, -0.1) is 0 Å². The van der Waals surface area contributed by atoms with Gasteiger partial charge in [-0.3, -0.25) is 0 Å². The van der Waals surface area contributed by atoms with Gasteiger partial charge < -0.3 is 10.8 Å². The highest BCUT2D eigenvalue weighted by atomic mass is 16.4. The molecule has 4 nitrogen and oxygen atoms in total. The third-order valence-electron chi connectivity index (χ3n) is 4.48. The number of carboxylic acids is 1. The Kier molecular flexibility index (Phi) is 3.84. The van der Waals surface area contributed by atoms with E-state index in [1.54, 1.807) is 0 Å². The molecule has 0 amide bonds. The van der Waals surface area contributed by atoms with Crippen LogP contribution < -0.4 is 5.73 Å². The van der Waals surface area contributed by atoms with E-state index in [4.69, 9.17) is 5.73 Å². The first-order chi connectivity index (χ1) is 10.6. The summed E-state index contributed by atoms with van der Waals surface area (Å²) < 4.78 is 0. The third-order valence-corrected chi connectivity index (χ3v) is 4.48. The maximum absolute atomic E-state index is 11.4. The van der Waals surface area contributed by atoms with E-state index in [1.165, 1.54) is 5.56 Å². The van der Waals surface area contributed by atoms with Crippen LogP contribution in [0.2, 0.25) is 0 Å². The Morgan fingerprint density at radius 3 is 2.73 bits per heavy atom. The number of nitrogen functional groups attached to an aromatic ring is 1. The molecule has 4 heteroatoms. The SMILES string of the molecule is CCc1c(N)c(C(=O)O)nc2c1C(c1ccccc1)CCC2. The summed E-state index contributed by atoms with van der Waals surface area (Å²) in [6.07, 6.45) is 3.62. The van der Waals surface area contributed by atoms with Gasteiger partial charge in [-0.25, -0.2) is 9.78 Å². The molecule has 1 atom stereocenters. The summed E-state index contributed by atoms with van der Waals surface area (Å²) >= 11 is 0. The first-order valence-corrected chi connectivity index (χ1v) is 7.72. The molecule has 0 fully saturated rings. The highest BCUT2D eigenvalue weighted by Gasteiger charge is 2.29. The first-order valence-electron chi connectivity index (χ1n) is 7.72. The third kappa shape index (κ3) is 2.34.